The molecule has 2 fully saturated rings. The third kappa shape index (κ3) is 5.74. The standard InChI is InChI=1S/C25H36N4O2/c1-2-29-13-5-6-21(29)17-26-25(31)10-9-19-11-14-28(15-12-19)18-20-16-24(30)22-7-3-4-8-23(22)27-20/h3-4,7-8,16,19,21H,2,5-6,9-15,17-18H2,1H3,(H,26,31)(H,27,30). The van der Waals surface area contributed by atoms with Crippen LogP contribution >= 0.6 is 0 Å². The van der Waals surface area contributed by atoms with Crippen molar-refractivity contribution in [1.29, 1.82) is 0 Å². The predicted octanol–water partition coefficient (Wildman–Crippen LogP) is 3.12. The Bertz CT molecular complexity index is 933. The number of para-hydroxylation sites is 1. The topological polar surface area (TPSA) is 68.4 Å². The lowest BCUT2D eigenvalue weighted by molar-refractivity contribution is -0.121. The number of H-pyrrole nitrogens is 1. The van der Waals surface area contributed by atoms with Crippen molar-refractivity contribution in [2.24, 2.45) is 5.92 Å². The second-order valence-corrected chi connectivity index (χ2v) is 9.19. The second kappa shape index (κ2) is 10.4. The van der Waals surface area contributed by atoms with Gasteiger partial charge in [-0.2, -0.15) is 0 Å². The average Bonchev–Trinajstić information content (AvgIpc) is 3.25. The number of aromatic nitrogens is 1. The van der Waals surface area contributed by atoms with Gasteiger partial charge in [0.1, 0.15) is 0 Å². The zero-order chi connectivity index (χ0) is 21.6. The minimum absolute atomic E-state index is 0.0879. The van der Waals surface area contributed by atoms with Gasteiger partial charge in [-0.3, -0.25) is 19.4 Å². The maximum absolute atomic E-state index is 12.3. The molecule has 6 nitrogen and oxygen atoms in total. The van der Waals surface area contributed by atoms with Crippen LogP contribution in [-0.4, -0.2) is 59.5 Å². The lowest BCUT2D eigenvalue weighted by Gasteiger charge is -2.31. The number of rotatable bonds is 8. The van der Waals surface area contributed by atoms with Crippen molar-refractivity contribution >= 4 is 16.8 Å². The van der Waals surface area contributed by atoms with Gasteiger partial charge in [0.2, 0.25) is 5.91 Å². The maximum atomic E-state index is 12.3. The SMILES string of the molecule is CCN1CCCC1CNC(=O)CCC1CCN(Cc2cc(=O)c3ccccc3[nH]2)CC1. The van der Waals surface area contributed by atoms with Crippen molar-refractivity contribution in [1.82, 2.24) is 20.1 Å². The molecule has 2 aliphatic rings. The number of hydrogen-bond acceptors (Lipinski definition) is 4. The number of carbonyl (C=O) groups excluding carboxylic acids is 1. The first-order chi connectivity index (χ1) is 15.1. The van der Waals surface area contributed by atoms with Crippen LogP contribution in [0.1, 0.15) is 51.1 Å². The summed E-state index contributed by atoms with van der Waals surface area (Å²) in [5, 5.41) is 3.91. The van der Waals surface area contributed by atoms with Crippen LogP contribution in [-0.2, 0) is 11.3 Å². The van der Waals surface area contributed by atoms with E-state index in [1.807, 2.05) is 24.3 Å². The molecule has 3 heterocycles. The van der Waals surface area contributed by atoms with Gasteiger partial charge in [-0.15, -0.1) is 0 Å². The Morgan fingerprint density at radius 1 is 1.16 bits per heavy atom. The van der Waals surface area contributed by atoms with Gasteiger partial charge < -0.3 is 10.3 Å². The van der Waals surface area contributed by atoms with Gasteiger partial charge in [0.05, 0.1) is 0 Å². The molecule has 4 rings (SSSR count). The lowest BCUT2D eigenvalue weighted by atomic mass is 9.92. The van der Waals surface area contributed by atoms with E-state index in [4.69, 9.17) is 0 Å². The van der Waals surface area contributed by atoms with Crippen molar-refractivity contribution in [3.05, 3.63) is 46.2 Å². The monoisotopic (exact) mass is 424 g/mol. The van der Waals surface area contributed by atoms with E-state index >= 15 is 0 Å². The highest BCUT2D eigenvalue weighted by molar-refractivity contribution is 5.78. The van der Waals surface area contributed by atoms with Gasteiger partial charge in [0.25, 0.3) is 0 Å². The van der Waals surface area contributed by atoms with Crippen LogP contribution in [0.5, 0.6) is 0 Å². The highest BCUT2D eigenvalue weighted by Crippen LogP contribution is 2.23. The molecule has 1 amide bonds. The summed E-state index contributed by atoms with van der Waals surface area (Å²) in [4.78, 5) is 32.9. The van der Waals surface area contributed by atoms with E-state index in [0.717, 1.165) is 68.6 Å². The first kappa shape index (κ1) is 22.0. The summed E-state index contributed by atoms with van der Waals surface area (Å²) in [6.07, 6.45) is 6.32. The van der Waals surface area contributed by atoms with Crippen LogP contribution in [0.15, 0.2) is 35.1 Å². The van der Waals surface area contributed by atoms with Crippen molar-refractivity contribution in [2.45, 2.75) is 58.0 Å². The number of piperidine rings is 1. The quantitative estimate of drug-likeness (QED) is 0.683. The molecule has 2 saturated heterocycles. The molecule has 1 aromatic carbocycles. The fourth-order valence-electron chi connectivity index (χ4n) is 5.21. The van der Waals surface area contributed by atoms with Gasteiger partial charge in [0, 0.05) is 48.2 Å². The average molecular weight is 425 g/mol. The minimum atomic E-state index is 0.0879. The van der Waals surface area contributed by atoms with Gasteiger partial charge >= 0.3 is 0 Å². The van der Waals surface area contributed by atoms with E-state index < -0.39 is 0 Å². The fraction of sp³-hybridized carbons (Fsp3) is 0.600. The Kier molecular flexibility index (Phi) is 7.41. The van der Waals surface area contributed by atoms with Crippen LogP contribution in [0.25, 0.3) is 10.9 Å². The molecule has 1 unspecified atom stereocenters. The number of amides is 1. The van der Waals surface area contributed by atoms with Crippen LogP contribution in [0.3, 0.4) is 0 Å². The van der Waals surface area contributed by atoms with Gasteiger partial charge in [-0.1, -0.05) is 19.1 Å². The van der Waals surface area contributed by atoms with Crippen molar-refractivity contribution in [3.8, 4) is 0 Å². The molecule has 0 aliphatic carbocycles. The number of nitrogens with one attached hydrogen (secondary N) is 2. The first-order valence-corrected chi connectivity index (χ1v) is 12.0. The molecule has 6 heteroatoms. The Hall–Kier alpha value is -2.18. The van der Waals surface area contributed by atoms with Crippen LogP contribution in [0.2, 0.25) is 0 Å². The molecule has 2 N–H and O–H groups in total. The Labute approximate surface area is 185 Å². The predicted molar refractivity (Wildman–Crippen MR) is 125 cm³/mol. The molecule has 31 heavy (non-hydrogen) atoms. The lowest BCUT2D eigenvalue weighted by Crippen LogP contribution is -2.40. The van der Waals surface area contributed by atoms with E-state index in [1.54, 1.807) is 6.07 Å². The Morgan fingerprint density at radius 3 is 2.77 bits per heavy atom. The molecule has 168 valence electrons. The van der Waals surface area contributed by atoms with Gasteiger partial charge in [-0.05, 0) is 76.3 Å². The largest absolute Gasteiger partial charge is 0.357 e. The number of aromatic amines is 1. The summed E-state index contributed by atoms with van der Waals surface area (Å²) in [6.45, 7) is 8.07. The summed E-state index contributed by atoms with van der Waals surface area (Å²) < 4.78 is 0. The van der Waals surface area contributed by atoms with E-state index in [0.29, 0.717) is 18.4 Å². The van der Waals surface area contributed by atoms with E-state index in [-0.39, 0.29) is 11.3 Å². The van der Waals surface area contributed by atoms with Crippen molar-refractivity contribution in [3.63, 3.8) is 0 Å². The third-order valence-corrected chi connectivity index (χ3v) is 7.11. The number of benzene rings is 1. The highest BCUT2D eigenvalue weighted by Gasteiger charge is 2.24. The molecule has 1 atom stereocenters. The summed E-state index contributed by atoms with van der Waals surface area (Å²) in [7, 11) is 0. The maximum Gasteiger partial charge on any atom is 0.220 e. The van der Waals surface area contributed by atoms with E-state index in [1.165, 1.54) is 19.4 Å². The summed E-state index contributed by atoms with van der Waals surface area (Å²) in [6, 6.07) is 9.95. The Morgan fingerprint density at radius 2 is 1.97 bits per heavy atom. The first-order valence-electron chi connectivity index (χ1n) is 12.0. The molecular formula is C25H36N4O2. The molecule has 0 bridgehead atoms. The van der Waals surface area contributed by atoms with E-state index in [9.17, 15) is 9.59 Å². The smallest absolute Gasteiger partial charge is 0.220 e. The molecular weight excluding hydrogens is 388 g/mol. The van der Waals surface area contributed by atoms with Crippen molar-refractivity contribution in [2.75, 3.05) is 32.7 Å². The number of carbonyl (C=O) groups is 1. The normalized spacial score (nSPS) is 21.0. The summed E-state index contributed by atoms with van der Waals surface area (Å²) in [5.74, 6) is 0.829. The summed E-state index contributed by atoms with van der Waals surface area (Å²) in [5.41, 5.74) is 1.98. The molecule has 0 radical (unpaired) electrons. The number of hydrogen-bond donors (Lipinski definition) is 2. The van der Waals surface area contributed by atoms with Crippen molar-refractivity contribution < 1.29 is 4.79 Å². The number of likely N-dealkylation sites (N-methyl/N-ethyl adjacent to an activating group) is 1. The zero-order valence-corrected chi connectivity index (χ0v) is 18.7. The number of fused-ring (bicyclic) bond motifs is 1. The number of pyridine rings is 1. The van der Waals surface area contributed by atoms with E-state index in [2.05, 4.69) is 27.0 Å². The second-order valence-electron chi connectivity index (χ2n) is 9.19. The number of likely N-dealkylation sites (tertiary alicyclic amines) is 2. The molecule has 1 aromatic heterocycles. The van der Waals surface area contributed by atoms with Gasteiger partial charge in [0.15, 0.2) is 5.43 Å². The minimum Gasteiger partial charge on any atom is -0.357 e. The molecule has 2 aromatic rings. The highest BCUT2D eigenvalue weighted by atomic mass is 16.1. The zero-order valence-electron chi connectivity index (χ0n) is 18.7. The van der Waals surface area contributed by atoms with Crippen LogP contribution in [0, 0.1) is 5.92 Å². The summed E-state index contributed by atoms with van der Waals surface area (Å²) >= 11 is 0. The van der Waals surface area contributed by atoms with Gasteiger partial charge in [-0.25, -0.2) is 0 Å². The molecule has 0 saturated carbocycles. The molecule has 2 aliphatic heterocycles. The Balaban J connectivity index is 1.18. The van der Waals surface area contributed by atoms with Crippen LogP contribution in [0.4, 0.5) is 0 Å². The van der Waals surface area contributed by atoms with Crippen LogP contribution < -0.4 is 10.7 Å². The third-order valence-electron chi connectivity index (χ3n) is 7.11. The number of nitrogens with zero attached hydrogens (tertiary/aromatic N) is 2. The molecule has 0 spiro atoms. The fourth-order valence-corrected chi connectivity index (χ4v) is 5.21.